The molecule has 96 valence electrons. The van der Waals surface area contributed by atoms with Crippen molar-refractivity contribution in [1.82, 2.24) is 4.98 Å². The van der Waals surface area contributed by atoms with Gasteiger partial charge in [-0.1, -0.05) is 13.8 Å². The van der Waals surface area contributed by atoms with E-state index in [1.807, 2.05) is 0 Å². The zero-order chi connectivity index (χ0) is 12.6. The van der Waals surface area contributed by atoms with Crippen molar-refractivity contribution < 1.29 is 4.74 Å². The molecule has 1 aromatic rings. The van der Waals surface area contributed by atoms with Crippen molar-refractivity contribution in [1.29, 1.82) is 0 Å². The minimum Gasteiger partial charge on any atom is -0.381 e. The molecule has 1 aliphatic rings. The van der Waals surface area contributed by atoms with Crippen LogP contribution in [0.15, 0.2) is 0 Å². The predicted octanol–water partition coefficient (Wildman–Crippen LogP) is 2.69. The Kier molecular flexibility index (Phi) is 3.57. The van der Waals surface area contributed by atoms with E-state index < -0.39 is 0 Å². The molecule has 2 N–H and O–H groups in total. The van der Waals surface area contributed by atoms with Crippen molar-refractivity contribution in [2.45, 2.75) is 52.2 Å². The van der Waals surface area contributed by atoms with Crippen LogP contribution in [-0.4, -0.2) is 18.2 Å². The van der Waals surface area contributed by atoms with Crippen LogP contribution in [0.4, 0.5) is 0 Å². The molecule has 4 heteroatoms. The molecule has 0 aliphatic heterocycles. The van der Waals surface area contributed by atoms with Gasteiger partial charge in [0.25, 0.3) is 0 Å². The molecule has 0 fully saturated rings. The monoisotopic (exact) mass is 254 g/mol. The molecule has 0 spiro atoms. The van der Waals surface area contributed by atoms with E-state index in [9.17, 15) is 0 Å². The van der Waals surface area contributed by atoms with Crippen LogP contribution in [0.5, 0.6) is 0 Å². The van der Waals surface area contributed by atoms with E-state index in [4.69, 9.17) is 15.5 Å². The Morgan fingerprint density at radius 2 is 2.29 bits per heavy atom. The highest BCUT2D eigenvalue weighted by molar-refractivity contribution is 7.11. The summed E-state index contributed by atoms with van der Waals surface area (Å²) in [7, 11) is 1.74. The fourth-order valence-electron chi connectivity index (χ4n) is 2.46. The minimum atomic E-state index is 0.165. The van der Waals surface area contributed by atoms with Crippen LogP contribution in [-0.2, 0) is 17.6 Å². The first-order valence-electron chi connectivity index (χ1n) is 6.18. The molecule has 0 amide bonds. The Balaban J connectivity index is 2.21. The lowest BCUT2D eigenvalue weighted by Crippen LogP contribution is -2.28. The third-order valence-electron chi connectivity index (χ3n) is 3.39. The van der Waals surface area contributed by atoms with E-state index in [0.29, 0.717) is 0 Å². The van der Waals surface area contributed by atoms with Gasteiger partial charge in [0, 0.05) is 24.4 Å². The minimum absolute atomic E-state index is 0.165. The van der Waals surface area contributed by atoms with Gasteiger partial charge < -0.3 is 10.5 Å². The van der Waals surface area contributed by atoms with Crippen LogP contribution < -0.4 is 5.73 Å². The summed E-state index contributed by atoms with van der Waals surface area (Å²) in [6.07, 6.45) is 3.23. The number of aromatic nitrogens is 1. The van der Waals surface area contributed by atoms with E-state index in [1.165, 1.54) is 10.6 Å². The highest BCUT2D eigenvalue weighted by Crippen LogP contribution is 2.41. The second-order valence-electron chi connectivity index (χ2n) is 5.82. The molecular weight excluding hydrogens is 232 g/mol. The molecule has 2 rings (SSSR count). The number of methoxy groups -OCH3 is 1. The molecular formula is C13H22N2OS. The van der Waals surface area contributed by atoms with Gasteiger partial charge in [0.1, 0.15) is 0 Å². The summed E-state index contributed by atoms with van der Waals surface area (Å²) in [5.41, 5.74) is 7.74. The molecule has 0 saturated heterocycles. The van der Waals surface area contributed by atoms with Gasteiger partial charge >= 0.3 is 0 Å². The Morgan fingerprint density at radius 3 is 2.94 bits per heavy atom. The smallest absolute Gasteiger partial charge is 0.0957 e. The first-order chi connectivity index (χ1) is 7.91. The first kappa shape index (κ1) is 13.0. The summed E-state index contributed by atoms with van der Waals surface area (Å²) in [5, 5.41) is 1.16. The second-order valence-corrected chi connectivity index (χ2v) is 6.94. The van der Waals surface area contributed by atoms with Crippen molar-refractivity contribution in [3.8, 4) is 0 Å². The van der Waals surface area contributed by atoms with Crippen molar-refractivity contribution in [3.63, 3.8) is 0 Å². The van der Waals surface area contributed by atoms with E-state index in [0.717, 1.165) is 24.3 Å². The van der Waals surface area contributed by atoms with Gasteiger partial charge in [-0.05, 0) is 25.2 Å². The Hall–Kier alpha value is -0.450. The maximum Gasteiger partial charge on any atom is 0.0957 e. The number of nitrogens with zero attached hydrogens (tertiary/aromatic N) is 1. The highest BCUT2D eigenvalue weighted by Gasteiger charge is 2.33. The van der Waals surface area contributed by atoms with Crippen molar-refractivity contribution in [2.75, 3.05) is 7.11 Å². The molecule has 0 radical (unpaired) electrons. The van der Waals surface area contributed by atoms with Crippen LogP contribution in [0.1, 0.15) is 48.8 Å². The van der Waals surface area contributed by atoms with E-state index in [1.54, 1.807) is 18.4 Å². The normalized spacial score (nSPS) is 24.4. The fraction of sp³-hybridized carbons (Fsp3) is 0.769. The number of thiazole rings is 1. The lowest BCUT2D eigenvalue weighted by molar-refractivity contribution is 0.118. The summed E-state index contributed by atoms with van der Waals surface area (Å²) in [5.74, 6) is 0. The molecule has 2 atom stereocenters. The van der Waals surface area contributed by atoms with Gasteiger partial charge in [0.05, 0.1) is 16.8 Å². The largest absolute Gasteiger partial charge is 0.381 e. The van der Waals surface area contributed by atoms with E-state index in [2.05, 4.69) is 20.8 Å². The SMILES string of the molecule is COC(C)Cc1nc2c(s1)C(N)CC(C)(C)C2. The quantitative estimate of drug-likeness (QED) is 0.902. The zero-order valence-corrected chi connectivity index (χ0v) is 11.9. The lowest BCUT2D eigenvalue weighted by Gasteiger charge is -2.32. The average Bonchev–Trinajstić information content (AvgIpc) is 2.58. The number of ether oxygens (including phenoxy) is 1. The average molecular weight is 254 g/mol. The molecule has 0 aromatic carbocycles. The molecule has 1 aliphatic carbocycles. The maximum absolute atomic E-state index is 6.24. The fourth-order valence-corrected chi connectivity index (χ4v) is 3.66. The van der Waals surface area contributed by atoms with Gasteiger partial charge in [0.2, 0.25) is 0 Å². The maximum atomic E-state index is 6.24. The van der Waals surface area contributed by atoms with E-state index >= 15 is 0 Å². The summed E-state index contributed by atoms with van der Waals surface area (Å²) in [4.78, 5) is 6.04. The topological polar surface area (TPSA) is 48.1 Å². The second kappa shape index (κ2) is 4.67. The van der Waals surface area contributed by atoms with Crippen LogP contribution in [0.3, 0.4) is 0 Å². The van der Waals surface area contributed by atoms with Crippen molar-refractivity contribution in [3.05, 3.63) is 15.6 Å². The number of rotatable bonds is 3. The zero-order valence-electron chi connectivity index (χ0n) is 11.1. The van der Waals surface area contributed by atoms with Crippen molar-refractivity contribution in [2.24, 2.45) is 11.1 Å². The lowest BCUT2D eigenvalue weighted by atomic mass is 9.77. The van der Waals surface area contributed by atoms with Crippen LogP contribution in [0.2, 0.25) is 0 Å². The number of fused-ring (bicyclic) bond motifs is 1. The van der Waals surface area contributed by atoms with Crippen LogP contribution >= 0.6 is 11.3 Å². The highest BCUT2D eigenvalue weighted by atomic mass is 32.1. The Bertz CT molecular complexity index is 400. The third-order valence-corrected chi connectivity index (χ3v) is 4.64. The molecule has 17 heavy (non-hydrogen) atoms. The molecule has 1 heterocycles. The van der Waals surface area contributed by atoms with Gasteiger partial charge in [-0.25, -0.2) is 4.98 Å². The van der Waals surface area contributed by atoms with Gasteiger partial charge in [-0.15, -0.1) is 11.3 Å². The summed E-state index contributed by atoms with van der Waals surface area (Å²) in [6.45, 7) is 6.61. The number of hydrogen-bond acceptors (Lipinski definition) is 4. The van der Waals surface area contributed by atoms with Gasteiger partial charge in [0.15, 0.2) is 0 Å². The van der Waals surface area contributed by atoms with Crippen LogP contribution in [0, 0.1) is 5.41 Å². The van der Waals surface area contributed by atoms with E-state index in [-0.39, 0.29) is 17.6 Å². The number of hydrogen-bond donors (Lipinski definition) is 1. The molecule has 1 aromatic heterocycles. The predicted molar refractivity (Wildman–Crippen MR) is 71.3 cm³/mol. The Labute approximate surface area is 107 Å². The Morgan fingerprint density at radius 1 is 1.59 bits per heavy atom. The van der Waals surface area contributed by atoms with Gasteiger partial charge in [-0.3, -0.25) is 0 Å². The summed E-state index contributed by atoms with van der Waals surface area (Å²) in [6, 6.07) is 0.165. The van der Waals surface area contributed by atoms with Crippen LogP contribution in [0.25, 0.3) is 0 Å². The number of nitrogens with two attached hydrogens (primary N) is 1. The molecule has 2 unspecified atom stereocenters. The first-order valence-corrected chi connectivity index (χ1v) is 7.00. The molecule has 3 nitrogen and oxygen atoms in total. The van der Waals surface area contributed by atoms with Gasteiger partial charge in [-0.2, -0.15) is 0 Å². The summed E-state index contributed by atoms with van der Waals surface area (Å²) >= 11 is 1.77. The third kappa shape index (κ3) is 2.87. The standard InChI is InChI=1S/C13H22N2OS/c1-8(16-4)5-11-15-10-7-13(2,3)6-9(14)12(10)17-11/h8-9H,5-7,14H2,1-4H3. The molecule has 0 saturated carbocycles. The summed E-state index contributed by atoms with van der Waals surface area (Å²) < 4.78 is 5.29. The molecule has 0 bridgehead atoms. The van der Waals surface area contributed by atoms with Crippen molar-refractivity contribution >= 4 is 11.3 Å².